The van der Waals surface area contributed by atoms with Crippen LogP contribution in [-0.4, -0.2) is 17.6 Å². The molecular weight excluding hydrogens is 266 g/mol. The molecule has 0 radical (unpaired) electrons. The summed E-state index contributed by atoms with van der Waals surface area (Å²) in [7, 11) is 0. The summed E-state index contributed by atoms with van der Waals surface area (Å²) in [5.41, 5.74) is 1.94. The molecule has 2 N–H and O–H groups in total. The highest BCUT2D eigenvalue weighted by molar-refractivity contribution is 6.04. The van der Waals surface area contributed by atoms with Gasteiger partial charge in [-0.3, -0.25) is 4.79 Å². The second-order valence-corrected chi connectivity index (χ2v) is 4.72. The Bertz CT molecular complexity index is 623. The van der Waals surface area contributed by atoms with Gasteiger partial charge in [0.05, 0.1) is 12.7 Å². The number of aliphatic hydroxyl groups is 1. The molecule has 0 spiro atoms. The first-order valence-electron chi connectivity index (χ1n) is 6.92. The summed E-state index contributed by atoms with van der Waals surface area (Å²) in [5.74, 6) is 0.460. The molecule has 2 aromatic carbocycles. The van der Waals surface area contributed by atoms with Crippen molar-refractivity contribution in [3.8, 4) is 5.75 Å². The lowest BCUT2D eigenvalue weighted by molar-refractivity contribution is 0.102. The molecule has 0 fully saturated rings. The van der Waals surface area contributed by atoms with E-state index in [4.69, 9.17) is 4.74 Å². The van der Waals surface area contributed by atoms with Crippen molar-refractivity contribution in [1.82, 2.24) is 0 Å². The highest BCUT2D eigenvalue weighted by Crippen LogP contribution is 2.19. The molecule has 0 saturated carbocycles. The van der Waals surface area contributed by atoms with E-state index in [0.717, 1.165) is 5.56 Å². The number of carbonyl (C=O) groups is 1. The SMILES string of the molecule is CCOc1cccc(C(=O)Nc2cccc([C@@H](C)O)c2)c1. The molecule has 2 aromatic rings. The van der Waals surface area contributed by atoms with Gasteiger partial charge in [0.1, 0.15) is 5.75 Å². The molecule has 1 amide bonds. The molecule has 0 aromatic heterocycles. The van der Waals surface area contributed by atoms with Gasteiger partial charge in [0, 0.05) is 11.3 Å². The Hall–Kier alpha value is -2.33. The van der Waals surface area contributed by atoms with Crippen LogP contribution >= 0.6 is 0 Å². The zero-order chi connectivity index (χ0) is 15.2. The van der Waals surface area contributed by atoms with Crippen molar-refractivity contribution < 1.29 is 14.6 Å². The van der Waals surface area contributed by atoms with Gasteiger partial charge >= 0.3 is 0 Å². The molecule has 0 bridgehead atoms. The summed E-state index contributed by atoms with van der Waals surface area (Å²) in [6.07, 6.45) is -0.567. The molecule has 2 rings (SSSR count). The Labute approximate surface area is 124 Å². The fourth-order valence-corrected chi connectivity index (χ4v) is 1.97. The van der Waals surface area contributed by atoms with Crippen molar-refractivity contribution in [3.63, 3.8) is 0 Å². The van der Waals surface area contributed by atoms with E-state index in [0.29, 0.717) is 23.6 Å². The Kier molecular flexibility index (Phi) is 4.95. The van der Waals surface area contributed by atoms with Gasteiger partial charge in [-0.2, -0.15) is 0 Å². The molecule has 21 heavy (non-hydrogen) atoms. The Morgan fingerprint density at radius 2 is 2.00 bits per heavy atom. The fraction of sp³-hybridized carbons (Fsp3) is 0.235. The highest BCUT2D eigenvalue weighted by Gasteiger charge is 2.08. The van der Waals surface area contributed by atoms with Gasteiger partial charge in [0.25, 0.3) is 5.91 Å². The molecule has 0 heterocycles. The van der Waals surface area contributed by atoms with Gasteiger partial charge in [-0.1, -0.05) is 18.2 Å². The van der Waals surface area contributed by atoms with E-state index < -0.39 is 6.10 Å². The van der Waals surface area contributed by atoms with Crippen molar-refractivity contribution >= 4 is 11.6 Å². The lowest BCUT2D eigenvalue weighted by Crippen LogP contribution is -2.12. The van der Waals surface area contributed by atoms with E-state index in [1.165, 1.54) is 0 Å². The number of hydrogen-bond donors (Lipinski definition) is 2. The monoisotopic (exact) mass is 285 g/mol. The zero-order valence-corrected chi connectivity index (χ0v) is 12.2. The third-order valence-corrected chi connectivity index (χ3v) is 3.03. The van der Waals surface area contributed by atoms with Gasteiger partial charge in [-0.05, 0) is 49.7 Å². The summed E-state index contributed by atoms with van der Waals surface area (Å²) in [6, 6.07) is 14.2. The van der Waals surface area contributed by atoms with Crippen LogP contribution in [0.5, 0.6) is 5.75 Å². The van der Waals surface area contributed by atoms with E-state index in [9.17, 15) is 9.90 Å². The van der Waals surface area contributed by atoms with Gasteiger partial charge in [-0.15, -0.1) is 0 Å². The van der Waals surface area contributed by atoms with Gasteiger partial charge in [0.15, 0.2) is 0 Å². The molecule has 0 aliphatic heterocycles. The van der Waals surface area contributed by atoms with E-state index >= 15 is 0 Å². The molecule has 0 aliphatic rings. The minimum absolute atomic E-state index is 0.209. The number of ether oxygens (including phenoxy) is 1. The van der Waals surface area contributed by atoms with E-state index in [1.54, 1.807) is 43.3 Å². The predicted octanol–water partition coefficient (Wildman–Crippen LogP) is 3.39. The smallest absolute Gasteiger partial charge is 0.255 e. The second kappa shape index (κ2) is 6.90. The lowest BCUT2D eigenvalue weighted by atomic mass is 10.1. The van der Waals surface area contributed by atoms with E-state index in [-0.39, 0.29) is 5.91 Å². The average Bonchev–Trinajstić information content (AvgIpc) is 2.48. The minimum atomic E-state index is -0.567. The van der Waals surface area contributed by atoms with Crippen LogP contribution in [-0.2, 0) is 0 Å². The molecular formula is C17H19NO3. The number of hydrogen-bond acceptors (Lipinski definition) is 3. The summed E-state index contributed by atoms with van der Waals surface area (Å²) in [6.45, 7) is 4.14. The number of carbonyl (C=O) groups excluding carboxylic acids is 1. The normalized spacial score (nSPS) is 11.8. The van der Waals surface area contributed by atoms with Crippen LogP contribution in [0.15, 0.2) is 48.5 Å². The highest BCUT2D eigenvalue weighted by atomic mass is 16.5. The van der Waals surface area contributed by atoms with Crippen LogP contribution in [0, 0.1) is 0 Å². The molecule has 4 nitrogen and oxygen atoms in total. The molecule has 4 heteroatoms. The first-order chi connectivity index (χ1) is 10.1. The molecule has 0 aliphatic carbocycles. The Morgan fingerprint density at radius 3 is 2.71 bits per heavy atom. The second-order valence-electron chi connectivity index (χ2n) is 4.72. The van der Waals surface area contributed by atoms with Crippen molar-refractivity contribution in [2.75, 3.05) is 11.9 Å². The molecule has 1 atom stereocenters. The fourth-order valence-electron chi connectivity index (χ4n) is 1.97. The number of aliphatic hydroxyl groups excluding tert-OH is 1. The van der Waals surface area contributed by atoms with Crippen molar-refractivity contribution in [2.24, 2.45) is 0 Å². The topological polar surface area (TPSA) is 58.6 Å². The van der Waals surface area contributed by atoms with Gasteiger partial charge in [-0.25, -0.2) is 0 Å². The average molecular weight is 285 g/mol. The van der Waals surface area contributed by atoms with E-state index in [1.807, 2.05) is 19.1 Å². The minimum Gasteiger partial charge on any atom is -0.494 e. The zero-order valence-electron chi connectivity index (χ0n) is 12.2. The number of amides is 1. The third kappa shape index (κ3) is 4.07. The summed E-state index contributed by atoms with van der Waals surface area (Å²) < 4.78 is 5.38. The van der Waals surface area contributed by atoms with Gasteiger partial charge < -0.3 is 15.2 Å². The first kappa shape index (κ1) is 15.1. The lowest BCUT2D eigenvalue weighted by Gasteiger charge is -2.10. The largest absolute Gasteiger partial charge is 0.494 e. The molecule has 0 unspecified atom stereocenters. The maximum atomic E-state index is 12.2. The first-order valence-corrected chi connectivity index (χ1v) is 6.92. The Morgan fingerprint density at radius 1 is 1.24 bits per heavy atom. The number of nitrogens with one attached hydrogen (secondary N) is 1. The molecule has 0 saturated heterocycles. The number of benzene rings is 2. The standard InChI is InChI=1S/C17H19NO3/c1-3-21-16-9-5-7-14(11-16)17(20)18-15-8-4-6-13(10-15)12(2)19/h4-12,19H,3H2,1-2H3,(H,18,20)/t12-/m1/s1. The quantitative estimate of drug-likeness (QED) is 0.885. The molecule has 110 valence electrons. The van der Waals surface area contributed by atoms with Crippen molar-refractivity contribution in [2.45, 2.75) is 20.0 Å². The van der Waals surface area contributed by atoms with Crippen molar-refractivity contribution in [3.05, 3.63) is 59.7 Å². The third-order valence-electron chi connectivity index (χ3n) is 3.03. The maximum absolute atomic E-state index is 12.2. The summed E-state index contributed by atoms with van der Waals surface area (Å²) >= 11 is 0. The number of anilines is 1. The maximum Gasteiger partial charge on any atom is 0.255 e. The number of rotatable bonds is 5. The van der Waals surface area contributed by atoms with Crippen molar-refractivity contribution in [1.29, 1.82) is 0 Å². The van der Waals surface area contributed by atoms with E-state index in [2.05, 4.69) is 5.32 Å². The van der Waals surface area contributed by atoms with Crippen LogP contribution in [0.4, 0.5) is 5.69 Å². The van der Waals surface area contributed by atoms with Crippen LogP contribution in [0.3, 0.4) is 0 Å². The van der Waals surface area contributed by atoms with Crippen LogP contribution in [0.1, 0.15) is 35.9 Å². The van der Waals surface area contributed by atoms with Crippen LogP contribution < -0.4 is 10.1 Å². The summed E-state index contributed by atoms with van der Waals surface area (Å²) in [4.78, 5) is 12.2. The Balaban J connectivity index is 2.14. The van der Waals surface area contributed by atoms with Crippen LogP contribution in [0.25, 0.3) is 0 Å². The summed E-state index contributed by atoms with van der Waals surface area (Å²) in [5, 5.41) is 12.4. The van der Waals surface area contributed by atoms with Crippen LogP contribution in [0.2, 0.25) is 0 Å². The van der Waals surface area contributed by atoms with Gasteiger partial charge in [0.2, 0.25) is 0 Å². The predicted molar refractivity (Wildman–Crippen MR) is 82.6 cm³/mol.